The minimum absolute atomic E-state index is 0.440. The van der Waals surface area contributed by atoms with Crippen molar-refractivity contribution in [1.29, 1.82) is 0 Å². The Kier molecular flexibility index (Phi) is 3.82. The number of hydrogen-bond donors (Lipinski definition) is 1. The quantitative estimate of drug-likeness (QED) is 0.924. The highest BCUT2D eigenvalue weighted by atomic mass is 16.5. The molecule has 2 N–H and O–H groups in total. The lowest BCUT2D eigenvalue weighted by atomic mass is 9.83. The zero-order valence-electron chi connectivity index (χ0n) is 11.8. The van der Waals surface area contributed by atoms with Gasteiger partial charge in [-0.05, 0) is 18.8 Å². The highest BCUT2D eigenvalue weighted by molar-refractivity contribution is 5.44. The van der Waals surface area contributed by atoms with Gasteiger partial charge in [0.05, 0.1) is 6.33 Å². The van der Waals surface area contributed by atoms with Crippen molar-refractivity contribution in [2.75, 3.05) is 6.54 Å². The van der Waals surface area contributed by atoms with Crippen LogP contribution in [0, 0.1) is 5.92 Å². The molecule has 0 saturated heterocycles. The molecule has 2 heterocycles. The van der Waals surface area contributed by atoms with Crippen molar-refractivity contribution in [3.63, 3.8) is 0 Å². The third-order valence-electron chi connectivity index (χ3n) is 4.06. The van der Waals surface area contributed by atoms with Crippen LogP contribution in [-0.4, -0.2) is 26.2 Å². The summed E-state index contributed by atoms with van der Waals surface area (Å²) in [5.74, 6) is 2.61. The smallest absolute Gasteiger partial charge is 0.278 e. The predicted molar refractivity (Wildman–Crippen MR) is 74.9 cm³/mol. The normalized spacial score (nSPS) is 23.1. The van der Waals surface area contributed by atoms with Gasteiger partial charge in [0.1, 0.15) is 5.69 Å². The van der Waals surface area contributed by atoms with E-state index in [4.69, 9.17) is 10.3 Å². The van der Waals surface area contributed by atoms with Crippen LogP contribution in [-0.2, 0) is 6.54 Å². The van der Waals surface area contributed by atoms with Crippen molar-refractivity contribution < 1.29 is 4.52 Å². The molecule has 0 aliphatic heterocycles. The molecule has 108 valence electrons. The first kappa shape index (κ1) is 13.3. The first-order chi connectivity index (χ1) is 9.76. The van der Waals surface area contributed by atoms with Crippen molar-refractivity contribution in [2.24, 2.45) is 11.7 Å². The Labute approximate surface area is 118 Å². The van der Waals surface area contributed by atoms with Crippen molar-refractivity contribution in [1.82, 2.24) is 19.7 Å². The number of nitrogens with two attached hydrogens (primary N) is 1. The maximum absolute atomic E-state index is 5.52. The molecule has 6 heteroatoms. The van der Waals surface area contributed by atoms with E-state index in [9.17, 15) is 0 Å². The Bertz CT molecular complexity index is 553. The Morgan fingerprint density at radius 1 is 1.35 bits per heavy atom. The predicted octanol–water partition coefficient (Wildman–Crippen LogP) is 2.19. The zero-order valence-corrected chi connectivity index (χ0v) is 11.8. The summed E-state index contributed by atoms with van der Waals surface area (Å²) in [5, 5.41) is 4.14. The Morgan fingerprint density at radius 3 is 2.90 bits per heavy atom. The summed E-state index contributed by atoms with van der Waals surface area (Å²) in [4.78, 5) is 8.80. The van der Waals surface area contributed by atoms with E-state index in [0.29, 0.717) is 18.4 Å². The first-order valence-corrected chi connectivity index (χ1v) is 7.32. The summed E-state index contributed by atoms with van der Waals surface area (Å²) in [7, 11) is 0. The fourth-order valence-corrected chi connectivity index (χ4v) is 2.76. The molecule has 6 nitrogen and oxygen atoms in total. The van der Waals surface area contributed by atoms with E-state index in [0.717, 1.165) is 36.8 Å². The van der Waals surface area contributed by atoms with Crippen LogP contribution in [0.25, 0.3) is 11.6 Å². The van der Waals surface area contributed by atoms with Gasteiger partial charge >= 0.3 is 0 Å². The maximum atomic E-state index is 5.52. The molecule has 1 aliphatic carbocycles. The molecule has 1 aliphatic rings. The van der Waals surface area contributed by atoms with E-state index in [1.54, 1.807) is 6.33 Å². The van der Waals surface area contributed by atoms with Gasteiger partial charge in [-0.2, -0.15) is 4.98 Å². The monoisotopic (exact) mass is 275 g/mol. The van der Waals surface area contributed by atoms with Gasteiger partial charge in [0.15, 0.2) is 5.82 Å². The van der Waals surface area contributed by atoms with Gasteiger partial charge in [-0.25, -0.2) is 4.98 Å². The second-order valence-electron chi connectivity index (χ2n) is 5.70. The summed E-state index contributed by atoms with van der Waals surface area (Å²) in [6.45, 7) is 3.64. The van der Waals surface area contributed by atoms with Gasteiger partial charge in [-0.1, -0.05) is 24.9 Å². The van der Waals surface area contributed by atoms with Crippen LogP contribution in [0.1, 0.15) is 44.3 Å². The molecule has 1 saturated carbocycles. The van der Waals surface area contributed by atoms with E-state index in [1.165, 1.54) is 12.8 Å². The largest absolute Gasteiger partial charge is 0.335 e. The third kappa shape index (κ3) is 2.75. The molecule has 0 bridgehead atoms. The van der Waals surface area contributed by atoms with E-state index in [-0.39, 0.29) is 0 Å². The molecule has 0 atom stereocenters. The third-order valence-corrected chi connectivity index (χ3v) is 4.06. The van der Waals surface area contributed by atoms with Crippen molar-refractivity contribution >= 4 is 0 Å². The SMILES string of the molecule is CC1CCC(c2noc(-c3cn(CCN)cn3)n2)CC1. The van der Waals surface area contributed by atoms with Crippen LogP contribution in [0.5, 0.6) is 0 Å². The lowest BCUT2D eigenvalue weighted by molar-refractivity contribution is 0.329. The average Bonchev–Trinajstić information content (AvgIpc) is 3.08. The van der Waals surface area contributed by atoms with Gasteiger partial charge in [0.2, 0.25) is 0 Å². The fourth-order valence-electron chi connectivity index (χ4n) is 2.76. The van der Waals surface area contributed by atoms with Gasteiger partial charge in [0, 0.05) is 25.2 Å². The molecule has 2 aromatic rings. The van der Waals surface area contributed by atoms with Crippen molar-refractivity contribution in [2.45, 2.75) is 45.1 Å². The number of hydrogen-bond acceptors (Lipinski definition) is 5. The molecule has 2 aromatic heterocycles. The Morgan fingerprint density at radius 2 is 2.15 bits per heavy atom. The molecule has 0 amide bonds. The lowest BCUT2D eigenvalue weighted by Gasteiger charge is -2.23. The van der Waals surface area contributed by atoms with Crippen LogP contribution in [0.3, 0.4) is 0 Å². The van der Waals surface area contributed by atoms with Gasteiger partial charge in [0.25, 0.3) is 5.89 Å². The summed E-state index contributed by atoms with van der Waals surface area (Å²) >= 11 is 0. The van der Waals surface area contributed by atoms with E-state index < -0.39 is 0 Å². The second-order valence-corrected chi connectivity index (χ2v) is 5.70. The van der Waals surface area contributed by atoms with Crippen LogP contribution >= 0.6 is 0 Å². The van der Waals surface area contributed by atoms with Gasteiger partial charge in [-0.3, -0.25) is 0 Å². The summed E-state index contributed by atoms with van der Waals surface area (Å²) in [6, 6.07) is 0. The summed E-state index contributed by atoms with van der Waals surface area (Å²) < 4.78 is 7.29. The average molecular weight is 275 g/mol. The van der Waals surface area contributed by atoms with Gasteiger partial charge in [-0.15, -0.1) is 0 Å². The van der Waals surface area contributed by atoms with Crippen LogP contribution in [0.15, 0.2) is 17.0 Å². The molecule has 20 heavy (non-hydrogen) atoms. The molecule has 0 unspecified atom stereocenters. The molecule has 0 radical (unpaired) electrons. The minimum Gasteiger partial charge on any atom is -0.335 e. The zero-order chi connectivity index (χ0) is 13.9. The number of nitrogens with zero attached hydrogens (tertiary/aromatic N) is 4. The minimum atomic E-state index is 0.440. The highest BCUT2D eigenvalue weighted by Gasteiger charge is 2.24. The molecule has 1 fully saturated rings. The molecule has 3 rings (SSSR count). The van der Waals surface area contributed by atoms with Crippen LogP contribution in [0.2, 0.25) is 0 Å². The fraction of sp³-hybridized carbons (Fsp3) is 0.643. The standard InChI is InChI=1S/C14H21N5O/c1-10-2-4-11(5-3-10)13-17-14(20-18-13)12-8-19(7-6-15)9-16-12/h8-11H,2-7,15H2,1H3. The van der Waals surface area contributed by atoms with E-state index in [1.807, 2.05) is 10.8 Å². The summed E-state index contributed by atoms with van der Waals surface area (Å²) in [5.41, 5.74) is 6.24. The lowest BCUT2D eigenvalue weighted by Crippen LogP contribution is -2.11. The number of aromatic nitrogens is 4. The van der Waals surface area contributed by atoms with Crippen molar-refractivity contribution in [3.8, 4) is 11.6 Å². The highest BCUT2D eigenvalue weighted by Crippen LogP contribution is 2.34. The number of imidazole rings is 1. The molecule has 0 spiro atoms. The van der Waals surface area contributed by atoms with E-state index in [2.05, 4.69) is 22.0 Å². The summed E-state index contributed by atoms with van der Waals surface area (Å²) in [6.07, 6.45) is 8.45. The maximum Gasteiger partial charge on any atom is 0.278 e. The van der Waals surface area contributed by atoms with Gasteiger partial charge < -0.3 is 14.8 Å². The van der Waals surface area contributed by atoms with Crippen LogP contribution in [0.4, 0.5) is 0 Å². The van der Waals surface area contributed by atoms with Crippen LogP contribution < -0.4 is 5.73 Å². The Hall–Kier alpha value is -1.69. The Balaban J connectivity index is 1.72. The second kappa shape index (κ2) is 5.75. The molecular formula is C14H21N5O. The molecular weight excluding hydrogens is 254 g/mol. The van der Waals surface area contributed by atoms with Crippen molar-refractivity contribution in [3.05, 3.63) is 18.3 Å². The molecule has 0 aromatic carbocycles. The number of rotatable bonds is 4. The topological polar surface area (TPSA) is 82.8 Å². The first-order valence-electron chi connectivity index (χ1n) is 7.32. The van der Waals surface area contributed by atoms with E-state index >= 15 is 0 Å².